The molecule has 2 unspecified atom stereocenters. The van der Waals surface area contributed by atoms with Crippen LogP contribution in [0.5, 0.6) is 6.01 Å². The average molecular weight is 559 g/mol. The number of pyridine rings is 1. The van der Waals surface area contributed by atoms with Crippen LogP contribution in [0.1, 0.15) is 38.5 Å². The molecule has 8 rings (SSSR count). The summed E-state index contributed by atoms with van der Waals surface area (Å²) in [6.45, 7) is 4.46. The maximum Gasteiger partial charge on any atom is 0.319 e. The zero-order valence-electron chi connectivity index (χ0n) is 22.4. The molecular formula is C31H32ClFN6O. The molecule has 2 aromatic carbocycles. The van der Waals surface area contributed by atoms with E-state index in [1.165, 1.54) is 12.8 Å². The lowest BCUT2D eigenvalue weighted by molar-refractivity contribution is 0.108. The zero-order valence-corrected chi connectivity index (χ0v) is 23.1. The molecule has 2 atom stereocenters. The van der Waals surface area contributed by atoms with Gasteiger partial charge in [0, 0.05) is 69.9 Å². The largest absolute Gasteiger partial charge is 0.461 e. The molecule has 0 aliphatic carbocycles. The number of benzene rings is 2. The Morgan fingerprint density at radius 2 is 1.80 bits per heavy atom. The molecule has 0 saturated carbocycles. The predicted molar refractivity (Wildman–Crippen MR) is 156 cm³/mol. The van der Waals surface area contributed by atoms with E-state index in [9.17, 15) is 0 Å². The summed E-state index contributed by atoms with van der Waals surface area (Å²) in [7, 11) is 0. The second-order valence-corrected chi connectivity index (χ2v) is 12.3. The Morgan fingerprint density at radius 3 is 2.60 bits per heavy atom. The number of anilines is 1. The van der Waals surface area contributed by atoms with Crippen molar-refractivity contribution < 1.29 is 9.13 Å². The molecule has 7 nitrogen and oxygen atoms in total. The van der Waals surface area contributed by atoms with Gasteiger partial charge in [-0.25, -0.2) is 4.39 Å². The van der Waals surface area contributed by atoms with Crippen molar-refractivity contribution >= 4 is 39.1 Å². The summed E-state index contributed by atoms with van der Waals surface area (Å²) in [6, 6.07) is 10.5. The number of fused-ring (bicyclic) bond motifs is 5. The molecule has 6 heterocycles. The van der Waals surface area contributed by atoms with Crippen molar-refractivity contribution in [3.05, 3.63) is 53.6 Å². The van der Waals surface area contributed by atoms with Crippen LogP contribution in [0, 0.1) is 5.82 Å². The fourth-order valence-corrected chi connectivity index (χ4v) is 7.95. The van der Waals surface area contributed by atoms with Crippen molar-refractivity contribution in [1.82, 2.24) is 25.2 Å². The lowest BCUT2D eigenvalue weighted by atomic mass is 9.95. The summed E-state index contributed by atoms with van der Waals surface area (Å²) in [6.07, 6.45) is 10.4. The van der Waals surface area contributed by atoms with Gasteiger partial charge in [-0.05, 0) is 63.7 Å². The number of hydrogen-bond donors (Lipinski definition) is 1. The van der Waals surface area contributed by atoms with Crippen LogP contribution < -0.4 is 15.0 Å². The molecule has 40 heavy (non-hydrogen) atoms. The molecule has 4 saturated heterocycles. The minimum absolute atomic E-state index is 0.0540. The molecule has 0 radical (unpaired) electrons. The van der Waals surface area contributed by atoms with Crippen molar-refractivity contribution in [1.29, 1.82) is 0 Å². The fourth-order valence-electron chi connectivity index (χ4n) is 7.66. The van der Waals surface area contributed by atoms with Gasteiger partial charge in [0.2, 0.25) is 0 Å². The molecule has 4 aliphatic heterocycles. The average Bonchev–Trinajstić information content (AvgIpc) is 3.65. The van der Waals surface area contributed by atoms with Gasteiger partial charge in [0.15, 0.2) is 5.82 Å². The molecule has 206 valence electrons. The molecule has 0 amide bonds. The molecule has 1 N–H and O–H groups in total. The molecule has 9 heteroatoms. The Morgan fingerprint density at radius 1 is 1.00 bits per heavy atom. The van der Waals surface area contributed by atoms with E-state index in [1.807, 2.05) is 30.3 Å². The maximum atomic E-state index is 16.6. The van der Waals surface area contributed by atoms with Gasteiger partial charge in [0.25, 0.3) is 0 Å². The van der Waals surface area contributed by atoms with Crippen LogP contribution in [0.3, 0.4) is 0 Å². The summed E-state index contributed by atoms with van der Waals surface area (Å²) in [5, 5.41) is 6.60. The standard InChI is InChI=1S/C31H32ClFN6O/c32-25-5-1-4-19-14-34-15-24(26(19)25)22-8-9-23-28(27(22)33)36-30(40-18-31-10-2-12-39(31)13-3-11-31)37-29(23)38-16-20-6-7-21(17-38)35-20/h1,4-5,8-9,14-15,20-21,35H,2-3,6-7,10-13,16-18H2. The minimum atomic E-state index is -0.403. The summed E-state index contributed by atoms with van der Waals surface area (Å²) in [5.74, 6) is 0.352. The van der Waals surface area contributed by atoms with Crippen LogP contribution in [0.25, 0.3) is 32.8 Å². The van der Waals surface area contributed by atoms with Gasteiger partial charge >= 0.3 is 6.01 Å². The third-order valence-electron chi connectivity index (χ3n) is 9.59. The molecule has 2 aromatic heterocycles. The van der Waals surface area contributed by atoms with Crippen LogP contribution in [-0.4, -0.2) is 70.3 Å². The van der Waals surface area contributed by atoms with Gasteiger partial charge < -0.3 is 15.0 Å². The third kappa shape index (κ3) is 3.95. The minimum Gasteiger partial charge on any atom is -0.461 e. The quantitative estimate of drug-likeness (QED) is 0.343. The van der Waals surface area contributed by atoms with Crippen molar-refractivity contribution in [2.45, 2.75) is 56.1 Å². The normalized spacial score (nSPS) is 23.8. The zero-order chi connectivity index (χ0) is 26.8. The molecule has 4 aromatic rings. The van der Waals surface area contributed by atoms with E-state index in [4.69, 9.17) is 26.3 Å². The highest BCUT2D eigenvalue weighted by Crippen LogP contribution is 2.41. The lowest BCUT2D eigenvalue weighted by Gasteiger charge is -2.34. The summed E-state index contributed by atoms with van der Waals surface area (Å²) >= 11 is 6.60. The number of rotatable bonds is 5. The van der Waals surface area contributed by atoms with Gasteiger partial charge in [0.1, 0.15) is 17.9 Å². The van der Waals surface area contributed by atoms with E-state index >= 15 is 4.39 Å². The first kappa shape index (κ1) is 24.7. The number of nitrogens with zero attached hydrogens (tertiary/aromatic N) is 5. The molecule has 4 aliphatic rings. The van der Waals surface area contributed by atoms with Crippen molar-refractivity contribution in [3.8, 4) is 17.1 Å². The number of halogens is 2. The van der Waals surface area contributed by atoms with Gasteiger partial charge in [-0.15, -0.1) is 0 Å². The fraction of sp³-hybridized carbons (Fsp3) is 0.452. The Kier molecular flexibility index (Phi) is 5.87. The van der Waals surface area contributed by atoms with Crippen LogP contribution >= 0.6 is 11.6 Å². The predicted octanol–water partition coefficient (Wildman–Crippen LogP) is 5.59. The van der Waals surface area contributed by atoms with Crippen molar-refractivity contribution in [2.24, 2.45) is 0 Å². The van der Waals surface area contributed by atoms with Crippen LogP contribution in [0.2, 0.25) is 5.02 Å². The Balaban J connectivity index is 1.25. The number of ether oxygens (including phenoxy) is 1. The Labute approximate surface area is 237 Å². The van der Waals surface area contributed by atoms with E-state index in [2.05, 4.69) is 20.1 Å². The molecule has 2 bridgehead atoms. The maximum absolute atomic E-state index is 16.6. The third-order valence-corrected chi connectivity index (χ3v) is 9.90. The van der Waals surface area contributed by atoms with E-state index in [1.54, 1.807) is 12.4 Å². The van der Waals surface area contributed by atoms with Crippen LogP contribution in [-0.2, 0) is 0 Å². The molecule has 0 spiro atoms. The molecule has 4 fully saturated rings. The highest BCUT2D eigenvalue weighted by molar-refractivity contribution is 6.36. The van der Waals surface area contributed by atoms with Gasteiger partial charge in [-0.1, -0.05) is 29.8 Å². The first-order valence-corrected chi connectivity index (χ1v) is 14.9. The Hall–Kier alpha value is -3.07. The number of hydrogen-bond acceptors (Lipinski definition) is 7. The monoisotopic (exact) mass is 558 g/mol. The first-order valence-electron chi connectivity index (χ1n) is 14.5. The summed E-state index contributed by atoms with van der Waals surface area (Å²) in [5.41, 5.74) is 1.40. The highest BCUT2D eigenvalue weighted by atomic mass is 35.5. The Bertz CT molecular complexity index is 1600. The van der Waals surface area contributed by atoms with E-state index < -0.39 is 5.82 Å². The van der Waals surface area contributed by atoms with Crippen molar-refractivity contribution in [3.63, 3.8) is 0 Å². The lowest BCUT2D eigenvalue weighted by Crippen LogP contribution is -2.51. The van der Waals surface area contributed by atoms with Crippen LogP contribution in [0.15, 0.2) is 42.7 Å². The van der Waals surface area contributed by atoms with Gasteiger partial charge in [0.05, 0.1) is 5.54 Å². The van der Waals surface area contributed by atoms with Gasteiger partial charge in [-0.3, -0.25) is 9.88 Å². The highest BCUT2D eigenvalue weighted by Gasteiger charge is 2.45. The number of aromatic nitrogens is 3. The van der Waals surface area contributed by atoms with Crippen molar-refractivity contribution in [2.75, 3.05) is 37.7 Å². The second kappa shape index (κ2) is 9.50. The van der Waals surface area contributed by atoms with E-state index in [0.29, 0.717) is 40.2 Å². The first-order chi connectivity index (χ1) is 19.6. The smallest absolute Gasteiger partial charge is 0.319 e. The van der Waals surface area contributed by atoms with E-state index in [-0.39, 0.29) is 17.1 Å². The number of piperazine rings is 1. The summed E-state index contributed by atoms with van der Waals surface area (Å²) in [4.78, 5) is 18.9. The van der Waals surface area contributed by atoms with Gasteiger partial charge in [-0.2, -0.15) is 9.97 Å². The van der Waals surface area contributed by atoms with Crippen LogP contribution in [0.4, 0.5) is 10.2 Å². The number of nitrogens with one attached hydrogen (secondary N) is 1. The summed E-state index contributed by atoms with van der Waals surface area (Å²) < 4.78 is 23.0. The topological polar surface area (TPSA) is 66.4 Å². The SMILES string of the molecule is Fc1c(-c2cncc3cccc(Cl)c23)ccc2c(N3CC4CCC(C3)N4)nc(OCC34CCCN3CCC4)nc12. The molecular weight excluding hydrogens is 527 g/mol. The van der Waals surface area contributed by atoms with E-state index in [0.717, 1.165) is 68.5 Å². The second-order valence-electron chi connectivity index (χ2n) is 11.9.